The van der Waals surface area contributed by atoms with Gasteiger partial charge in [0.05, 0.1) is 0 Å². The fraction of sp³-hybridized carbons (Fsp3) is 0.192. The Kier molecular flexibility index (Phi) is 4.88. The molecule has 1 unspecified atom stereocenters. The van der Waals surface area contributed by atoms with E-state index in [4.69, 9.17) is 0 Å². The lowest BCUT2D eigenvalue weighted by atomic mass is 9.98. The van der Waals surface area contributed by atoms with E-state index in [1.165, 1.54) is 27.6 Å². The van der Waals surface area contributed by atoms with Gasteiger partial charge in [0.25, 0.3) is 0 Å². The second kappa shape index (κ2) is 7.59. The number of hydrogen-bond acceptors (Lipinski definition) is 2. The molecule has 4 nitrogen and oxygen atoms in total. The second-order valence-electron chi connectivity index (χ2n) is 8.44. The first kappa shape index (κ1) is 19.9. The summed E-state index contributed by atoms with van der Waals surface area (Å²) < 4.78 is 14.4. The lowest BCUT2D eigenvalue weighted by Crippen LogP contribution is -2.35. The minimum absolute atomic E-state index is 0.678. The van der Waals surface area contributed by atoms with E-state index in [9.17, 15) is 4.21 Å². The van der Waals surface area contributed by atoms with Crippen LogP contribution in [-0.4, -0.2) is 32.2 Å². The molecule has 0 radical (unpaired) electrons. The number of anilines is 2. The van der Waals surface area contributed by atoms with E-state index in [0.717, 1.165) is 35.6 Å². The molecule has 1 atom stereocenters. The zero-order chi connectivity index (χ0) is 21.6. The van der Waals surface area contributed by atoms with E-state index < -0.39 is 9.71 Å². The molecule has 1 aliphatic heterocycles. The lowest BCUT2D eigenvalue weighted by Gasteiger charge is -2.31. The summed E-state index contributed by atoms with van der Waals surface area (Å²) in [6.45, 7) is 3.58. The molecule has 1 aromatic heterocycles. The molecular formula is C26H27N3OS. The Morgan fingerprint density at radius 2 is 1.90 bits per heavy atom. The van der Waals surface area contributed by atoms with Crippen molar-refractivity contribution in [3.05, 3.63) is 83.4 Å². The molecule has 0 saturated heterocycles. The molecule has 5 heteroatoms. The highest BCUT2D eigenvalue weighted by atomic mass is 32.2. The molecular weight excluding hydrogens is 402 g/mol. The number of nitrogens with zero attached hydrogens (tertiary/aromatic N) is 1. The third-order valence-corrected chi connectivity index (χ3v) is 7.52. The summed E-state index contributed by atoms with van der Waals surface area (Å²) in [6, 6.07) is 23.4. The van der Waals surface area contributed by atoms with Crippen LogP contribution in [0.15, 0.2) is 66.7 Å². The average Bonchev–Trinajstić information content (AvgIpc) is 3.18. The molecule has 3 aromatic carbocycles. The van der Waals surface area contributed by atoms with Crippen molar-refractivity contribution in [3.8, 4) is 11.3 Å². The average molecular weight is 430 g/mol. The maximum atomic E-state index is 12.4. The van der Waals surface area contributed by atoms with E-state index in [-0.39, 0.29) is 0 Å². The Balaban J connectivity index is 1.47. The molecule has 0 bridgehead atoms. The van der Waals surface area contributed by atoms with Crippen molar-refractivity contribution in [2.75, 3.05) is 18.1 Å². The highest BCUT2D eigenvalue weighted by molar-refractivity contribution is 7.97. The summed E-state index contributed by atoms with van der Waals surface area (Å²) >= 11 is 0. The number of aromatic amines is 1. The Labute approximate surface area is 184 Å². The molecule has 2 heterocycles. The number of nitrogens with one attached hydrogen (secondary N) is 2. The lowest BCUT2D eigenvalue weighted by molar-refractivity contribution is 0.422. The smallest absolute Gasteiger partial charge is 0.0468 e. The number of H-pyrrole nitrogens is 1. The highest BCUT2D eigenvalue weighted by Gasteiger charge is 2.22. The van der Waals surface area contributed by atoms with Crippen molar-refractivity contribution >= 4 is 37.9 Å². The van der Waals surface area contributed by atoms with Crippen molar-refractivity contribution in [1.82, 2.24) is 9.29 Å². The predicted octanol–water partition coefficient (Wildman–Crippen LogP) is 5.51. The number of benzene rings is 3. The van der Waals surface area contributed by atoms with Crippen molar-refractivity contribution in [2.45, 2.75) is 19.9 Å². The van der Waals surface area contributed by atoms with Gasteiger partial charge in [0.1, 0.15) is 0 Å². The van der Waals surface area contributed by atoms with Crippen molar-refractivity contribution < 1.29 is 4.21 Å². The number of hydrogen-bond donors (Lipinski definition) is 2. The Morgan fingerprint density at radius 3 is 2.71 bits per heavy atom. The van der Waals surface area contributed by atoms with Gasteiger partial charge in [0.15, 0.2) is 0 Å². The minimum Gasteiger partial charge on any atom is -0.355 e. The minimum atomic E-state index is -2.18. The molecule has 0 aliphatic carbocycles. The summed E-state index contributed by atoms with van der Waals surface area (Å²) in [4.78, 5) is 3.55. The summed E-state index contributed by atoms with van der Waals surface area (Å²) in [5, 5.41) is 4.85. The number of aryl methyl sites for hydroxylation is 1. The molecule has 4 aromatic rings. The maximum Gasteiger partial charge on any atom is 0.0468 e. The third kappa shape index (κ3) is 3.87. The normalized spacial score (nSPS) is 16.1. The van der Waals surface area contributed by atoms with E-state index >= 15 is 0 Å². The van der Waals surface area contributed by atoms with Gasteiger partial charge in [-0.05, 0) is 66.2 Å². The summed E-state index contributed by atoms with van der Waals surface area (Å²) in [5.41, 5.74) is 9.40. The number of para-hydroxylation sites is 1. The molecule has 0 amide bonds. The largest absolute Gasteiger partial charge is 0.355 e. The van der Waals surface area contributed by atoms with Gasteiger partial charge in [-0.2, -0.15) is 0 Å². The van der Waals surface area contributed by atoms with Gasteiger partial charge in [-0.25, -0.2) is 4.31 Å². The van der Waals surface area contributed by atoms with Gasteiger partial charge in [-0.1, -0.05) is 36.4 Å². The molecule has 0 fully saturated rings. The van der Waals surface area contributed by atoms with Crippen LogP contribution in [0.4, 0.5) is 11.4 Å². The number of rotatable bonds is 4. The first-order valence-electron chi connectivity index (χ1n) is 10.5. The van der Waals surface area contributed by atoms with E-state index in [0.29, 0.717) is 6.54 Å². The maximum absolute atomic E-state index is 12.4. The van der Waals surface area contributed by atoms with Crippen LogP contribution in [0.2, 0.25) is 0 Å². The summed E-state index contributed by atoms with van der Waals surface area (Å²) in [5.74, 6) is 3.85. The van der Waals surface area contributed by atoms with Gasteiger partial charge in [-0.15, -0.1) is 0 Å². The quantitative estimate of drug-likeness (QED) is 0.421. The third-order valence-electron chi connectivity index (χ3n) is 6.11. The van der Waals surface area contributed by atoms with Crippen LogP contribution >= 0.6 is 0 Å². The Hall–Kier alpha value is -3.02. The van der Waals surface area contributed by atoms with Gasteiger partial charge in [0, 0.05) is 62.6 Å². The van der Waals surface area contributed by atoms with Gasteiger partial charge in [0.2, 0.25) is 0 Å². The van der Waals surface area contributed by atoms with E-state index in [2.05, 4.69) is 89.8 Å². The topological polar surface area (TPSA) is 48.1 Å². The van der Waals surface area contributed by atoms with Crippen LogP contribution in [-0.2, 0) is 22.7 Å². The molecule has 2 N–H and O–H groups in total. The number of fused-ring (bicyclic) bond motifs is 2. The Morgan fingerprint density at radius 1 is 1.06 bits per heavy atom. The molecule has 1 aliphatic rings. The molecule has 158 valence electrons. The van der Waals surface area contributed by atoms with Gasteiger partial charge < -0.3 is 10.3 Å². The zero-order valence-electron chi connectivity index (χ0n) is 17.9. The summed E-state index contributed by atoms with van der Waals surface area (Å²) in [6.07, 6.45) is 2.58. The summed E-state index contributed by atoms with van der Waals surface area (Å²) in [7, 11) is -2.18. The van der Waals surface area contributed by atoms with Crippen LogP contribution in [0, 0.1) is 6.92 Å². The van der Waals surface area contributed by atoms with Crippen molar-refractivity contribution in [3.63, 3.8) is 0 Å². The number of aromatic nitrogens is 1. The van der Waals surface area contributed by atoms with Crippen LogP contribution in [0.25, 0.3) is 22.2 Å². The van der Waals surface area contributed by atoms with E-state index in [1.54, 1.807) is 6.26 Å². The molecule has 5 rings (SSSR count). The van der Waals surface area contributed by atoms with Crippen LogP contribution in [0.3, 0.4) is 0 Å². The monoisotopic (exact) mass is 429 g/mol. The first-order chi connectivity index (χ1) is 14.9. The molecule has 31 heavy (non-hydrogen) atoms. The van der Waals surface area contributed by atoms with Crippen molar-refractivity contribution in [2.24, 2.45) is 0 Å². The SMILES string of the molecule is C=S(C)(=O)N1CCc2c(cccc2Nc2ccc(C)c(-c3cc4ccccc4[nH]3)c2)C1. The van der Waals surface area contributed by atoms with Gasteiger partial charge in [-0.3, -0.25) is 4.21 Å². The fourth-order valence-electron chi connectivity index (χ4n) is 4.39. The zero-order valence-corrected chi connectivity index (χ0v) is 18.8. The van der Waals surface area contributed by atoms with Crippen LogP contribution in [0.1, 0.15) is 16.7 Å². The van der Waals surface area contributed by atoms with Crippen molar-refractivity contribution in [1.29, 1.82) is 0 Å². The fourth-order valence-corrected chi connectivity index (χ4v) is 5.28. The van der Waals surface area contributed by atoms with Gasteiger partial charge >= 0.3 is 0 Å². The van der Waals surface area contributed by atoms with E-state index in [1.807, 2.05) is 4.31 Å². The Bertz CT molecular complexity index is 1350. The highest BCUT2D eigenvalue weighted by Crippen LogP contribution is 2.33. The first-order valence-corrected chi connectivity index (χ1v) is 12.6. The second-order valence-corrected chi connectivity index (χ2v) is 10.9. The van der Waals surface area contributed by atoms with Crippen LogP contribution in [0.5, 0.6) is 0 Å². The predicted molar refractivity (Wildman–Crippen MR) is 133 cm³/mol. The van der Waals surface area contributed by atoms with Crippen LogP contribution < -0.4 is 5.32 Å². The molecule has 0 spiro atoms. The standard InChI is InChI=1S/C26H27N3OS/c1-18-11-12-21(16-23(18)26-15-19-7-4-5-9-24(19)28-26)27-25-10-6-8-20-17-29(31(2,3)30)14-13-22(20)25/h4-12,15-16,27-28H,2,13-14,17H2,1,3H3. The molecule has 0 saturated carbocycles.